The van der Waals surface area contributed by atoms with Crippen molar-refractivity contribution in [3.8, 4) is 11.5 Å². The Morgan fingerprint density at radius 1 is 1.02 bits per heavy atom. The van der Waals surface area contributed by atoms with Crippen molar-refractivity contribution in [2.75, 3.05) is 31.3 Å². The number of aliphatic hydroxyl groups is 1. The van der Waals surface area contributed by atoms with Gasteiger partial charge in [0.25, 0.3) is 5.91 Å². The molecule has 244 valence electrons. The zero-order chi connectivity index (χ0) is 33.0. The summed E-state index contributed by atoms with van der Waals surface area (Å²) in [5, 5.41) is 14.3. The number of nitrogens with two attached hydrogens (primary N) is 1. The Morgan fingerprint density at radius 3 is 2.48 bits per heavy atom. The molecule has 3 aromatic carbocycles. The van der Waals surface area contributed by atoms with Crippen LogP contribution in [0.15, 0.2) is 77.7 Å². The normalized spacial score (nSPS) is 17.2. The first-order valence-electron chi connectivity index (χ1n) is 14.7. The van der Waals surface area contributed by atoms with Gasteiger partial charge in [0.05, 0.1) is 23.6 Å². The van der Waals surface area contributed by atoms with E-state index in [0.29, 0.717) is 17.2 Å². The summed E-state index contributed by atoms with van der Waals surface area (Å²) >= 11 is 0. The number of hydrogen-bond donors (Lipinski definition) is 3. The summed E-state index contributed by atoms with van der Waals surface area (Å²) in [5.41, 5.74) is 6.67. The second-order valence-electron chi connectivity index (χ2n) is 11.5. The van der Waals surface area contributed by atoms with Crippen molar-refractivity contribution in [2.24, 2.45) is 11.7 Å². The molecule has 2 unspecified atom stereocenters. The van der Waals surface area contributed by atoms with Crippen LogP contribution in [0.1, 0.15) is 29.8 Å². The van der Waals surface area contributed by atoms with Crippen LogP contribution in [-0.2, 0) is 26.0 Å². The van der Waals surface area contributed by atoms with E-state index in [9.17, 15) is 27.9 Å². The van der Waals surface area contributed by atoms with Crippen LogP contribution in [0.25, 0.3) is 0 Å². The highest BCUT2D eigenvalue weighted by Crippen LogP contribution is 2.35. The summed E-state index contributed by atoms with van der Waals surface area (Å²) in [6.07, 6.45) is -3.22. The molecule has 14 heteroatoms. The number of nitrogens with zero attached hydrogens (tertiary/aromatic N) is 2. The predicted octanol–water partition coefficient (Wildman–Crippen LogP) is 2.27. The fourth-order valence-electron chi connectivity index (χ4n) is 5.26. The van der Waals surface area contributed by atoms with Crippen LogP contribution in [0.5, 0.6) is 11.5 Å². The van der Waals surface area contributed by atoms with Crippen LogP contribution in [0.4, 0.5) is 10.5 Å². The van der Waals surface area contributed by atoms with Crippen LogP contribution in [0, 0.1) is 5.92 Å². The minimum Gasteiger partial charge on any atom is -0.454 e. The zero-order valence-electron chi connectivity index (χ0n) is 25.4. The largest absolute Gasteiger partial charge is 0.454 e. The average Bonchev–Trinajstić information content (AvgIpc) is 3.67. The molecule has 13 nitrogen and oxygen atoms in total. The first-order valence-corrected chi connectivity index (χ1v) is 16.2. The van der Waals surface area contributed by atoms with E-state index >= 15 is 0 Å². The number of aliphatic hydroxyl groups excluding tert-OH is 1. The molecule has 0 bridgehead atoms. The SMILES string of the molecule is CC(C)CN(C[C@@H](O)C(Cc1ccccc1)NC(=O)C1CN(c2cccc(C(N)=O)c2)C(=O)O1)S(=O)(=O)c1ccc2c(c1)OCO2. The molecular formula is C32H36N4O9S. The van der Waals surface area contributed by atoms with Crippen molar-refractivity contribution >= 4 is 33.6 Å². The van der Waals surface area contributed by atoms with Gasteiger partial charge in [0.15, 0.2) is 17.6 Å². The highest BCUT2D eigenvalue weighted by Gasteiger charge is 2.39. The smallest absolute Gasteiger partial charge is 0.415 e. The number of rotatable bonds is 13. The molecule has 3 aromatic rings. The number of hydrogen-bond acceptors (Lipinski definition) is 9. The summed E-state index contributed by atoms with van der Waals surface area (Å²) in [5.74, 6) is -0.687. The van der Waals surface area contributed by atoms with Crippen molar-refractivity contribution in [3.05, 3.63) is 83.9 Å². The molecule has 1 saturated heterocycles. The standard InChI is InChI=1S/C32H36N4O9S/c1-20(2)16-35(46(41,42)24-11-12-27-28(15-24)44-19-43-27)17-26(37)25(13-21-7-4-3-5-8-21)34-31(39)29-18-36(32(40)45-29)23-10-6-9-22(14-23)30(33)38/h3-12,14-15,20,25-26,29,37H,13,16-19H2,1-2H3,(H2,33,38)(H,34,39)/t25?,26-,29?/m1/s1. The van der Waals surface area contributed by atoms with E-state index in [0.717, 1.165) is 5.56 Å². The number of nitrogens with one attached hydrogen (secondary N) is 1. The van der Waals surface area contributed by atoms with Gasteiger partial charge in [-0.15, -0.1) is 0 Å². The quantitative estimate of drug-likeness (QED) is 0.250. The lowest BCUT2D eigenvalue weighted by Gasteiger charge is -2.31. The lowest BCUT2D eigenvalue weighted by molar-refractivity contribution is -0.129. The van der Waals surface area contributed by atoms with E-state index in [1.165, 1.54) is 39.5 Å². The Labute approximate surface area is 266 Å². The van der Waals surface area contributed by atoms with E-state index in [-0.39, 0.29) is 49.2 Å². The van der Waals surface area contributed by atoms with Gasteiger partial charge in [-0.3, -0.25) is 14.5 Å². The molecule has 0 spiro atoms. The maximum Gasteiger partial charge on any atom is 0.415 e. The van der Waals surface area contributed by atoms with Crippen molar-refractivity contribution in [3.63, 3.8) is 0 Å². The molecule has 2 heterocycles. The number of amides is 3. The summed E-state index contributed by atoms with van der Waals surface area (Å²) < 4.78 is 44.9. The second kappa shape index (κ2) is 13.8. The van der Waals surface area contributed by atoms with Gasteiger partial charge in [-0.1, -0.05) is 50.2 Å². The monoisotopic (exact) mass is 652 g/mol. The molecule has 0 aromatic heterocycles. The van der Waals surface area contributed by atoms with Crippen LogP contribution < -0.4 is 25.4 Å². The number of sulfonamides is 1. The van der Waals surface area contributed by atoms with Crippen molar-refractivity contribution in [1.29, 1.82) is 0 Å². The topological polar surface area (TPSA) is 178 Å². The number of fused-ring (bicyclic) bond motifs is 1. The first kappa shape index (κ1) is 32.7. The third-order valence-electron chi connectivity index (χ3n) is 7.58. The van der Waals surface area contributed by atoms with Gasteiger partial charge in [0.1, 0.15) is 0 Å². The van der Waals surface area contributed by atoms with Gasteiger partial charge in [0.2, 0.25) is 22.7 Å². The van der Waals surface area contributed by atoms with Crippen molar-refractivity contribution in [1.82, 2.24) is 9.62 Å². The maximum atomic E-state index is 13.8. The molecule has 3 amide bonds. The van der Waals surface area contributed by atoms with Gasteiger partial charge in [-0.2, -0.15) is 4.31 Å². The molecule has 2 aliphatic rings. The summed E-state index contributed by atoms with van der Waals surface area (Å²) in [7, 11) is -4.10. The third-order valence-corrected chi connectivity index (χ3v) is 9.41. The Morgan fingerprint density at radius 2 is 1.76 bits per heavy atom. The molecule has 1 fully saturated rings. The molecule has 5 rings (SSSR count). The van der Waals surface area contributed by atoms with E-state index in [4.69, 9.17) is 19.9 Å². The van der Waals surface area contributed by atoms with Crippen molar-refractivity contribution in [2.45, 2.75) is 43.4 Å². The summed E-state index contributed by atoms with van der Waals surface area (Å²) in [6, 6.07) is 18.5. The van der Waals surface area contributed by atoms with Crippen LogP contribution >= 0.6 is 0 Å². The summed E-state index contributed by atoms with van der Waals surface area (Å²) in [6.45, 7) is 3.32. The van der Waals surface area contributed by atoms with E-state index in [2.05, 4.69) is 5.32 Å². The average molecular weight is 653 g/mol. The Bertz CT molecular complexity index is 1700. The van der Waals surface area contributed by atoms with Gasteiger partial charge in [0, 0.05) is 30.4 Å². The van der Waals surface area contributed by atoms with E-state index in [1.807, 2.05) is 44.2 Å². The zero-order valence-corrected chi connectivity index (χ0v) is 26.2. The minimum atomic E-state index is -4.10. The van der Waals surface area contributed by atoms with Crippen LogP contribution in [0.3, 0.4) is 0 Å². The number of carbonyl (C=O) groups is 3. The van der Waals surface area contributed by atoms with E-state index in [1.54, 1.807) is 12.1 Å². The lowest BCUT2D eigenvalue weighted by Crippen LogP contribution is -2.53. The lowest BCUT2D eigenvalue weighted by atomic mass is 10.0. The van der Waals surface area contributed by atoms with Crippen molar-refractivity contribution < 1.29 is 42.1 Å². The number of anilines is 1. The number of primary amides is 1. The minimum absolute atomic E-state index is 0.0120. The highest BCUT2D eigenvalue weighted by molar-refractivity contribution is 7.89. The molecule has 0 radical (unpaired) electrons. The Balaban J connectivity index is 1.35. The number of ether oxygens (including phenoxy) is 3. The number of benzene rings is 3. The Kier molecular flexibility index (Phi) is 9.79. The highest BCUT2D eigenvalue weighted by atomic mass is 32.2. The fraction of sp³-hybridized carbons (Fsp3) is 0.344. The van der Waals surface area contributed by atoms with E-state index < -0.39 is 46.2 Å². The molecular weight excluding hydrogens is 616 g/mol. The third kappa shape index (κ3) is 7.41. The number of carbonyl (C=O) groups excluding carboxylic acids is 3. The molecule has 0 aliphatic carbocycles. The molecule has 2 aliphatic heterocycles. The Hall–Kier alpha value is -4.66. The predicted molar refractivity (Wildman–Crippen MR) is 167 cm³/mol. The molecule has 46 heavy (non-hydrogen) atoms. The molecule has 4 N–H and O–H groups in total. The molecule has 0 saturated carbocycles. The van der Waals surface area contributed by atoms with Gasteiger partial charge in [-0.05, 0) is 48.2 Å². The van der Waals surface area contributed by atoms with Crippen LogP contribution in [-0.4, -0.2) is 80.4 Å². The van der Waals surface area contributed by atoms with Gasteiger partial charge in [-0.25, -0.2) is 13.2 Å². The van der Waals surface area contributed by atoms with Gasteiger partial charge >= 0.3 is 6.09 Å². The van der Waals surface area contributed by atoms with Crippen LogP contribution in [0.2, 0.25) is 0 Å². The molecule has 3 atom stereocenters. The summed E-state index contributed by atoms with van der Waals surface area (Å²) in [4.78, 5) is 39.0. The van der Waals surface area contributed by atoms with Gasteiger partial charge < -0.3 is 30.4 Å². The second-order valence-corrected chi connectivity index (χ2v) is 13.4. The fourth-order valence-corrected chi connectivity index (χ4v) is 6.90. The first-order chi connectivity index (χ1) is 21.9. The maximum absolute atomic E-state index is 13.8. The number of cyclic esters (lactones) is 1.